The van der Waals surface area contributed by atoms with Crippen molar-refractivity contribution in [2.75, 3.05) is 0 Å². The summed E-state index contributed by atoms with van der Waals surface area (Å²) in [6, 6.07) is 4.98. The summed E-state index contributed by atoms with van der Waals surface area (Å²) >= 11 is 5.79. The minimum Gasteiger partial charge on any atom is -0.433 e. The molecule has 2 N–H and O–H groups in total. The van der Waals surface area contributed by atoms with Crippen molar-refractivity contribution < 1.29 is 13.5 Å². The zero-order chi connectivity index (χ0) is 11.0. The largest absolute Gasteiger partial charge is 0.433 e. The molecular weight excluding hydrogens is 224 g/mol. The molecule has 1 fully saturated rings. The van der Waals surface area contributed by atoms with Crippen LogP contribution < -0.4 is 10.5 Å². The lowest BCUT2D eigenvalue weighted by molar-refractivity contribution is -0.0497. The van der Waals surface area contributed by atoms with Crippen molar-refractivity contribution in [3.63, 3.8) is 0 Å². The van der Waals surface area contributed by atoms with E-state index in [1.165, 1.54) is 6.07 Å². The summed E-state index contributed by atoms with van der Waals surface area (Å²) in [7, 11) is 0. The van der Waals surface area contributed by atoms with E-state index in [9.17, 15) is 8.78 Å². The standard InChI is InChI=1S/C10H10ClF2NO/c11-7-3-5(6-4-8(6)14)1-2-9(7)15-10(12)13/h1-3,6,8,10H,4,14H2. The number of benzene rings is 1. The van der Waals surface area contributed by atoms with Crippen molar-refractivity contribution in [1.82, 2.24) is 0 Å². The summed E-state index contributed by atoms with van der Waals surface area (Å²) in [5, 5.41) is 0.201. The van der Waals surface area contributed by atoms with Crippen molar-refractivity contribution in [2.45, 2.75) is 25.0 Å². The Balaban J connectivity index is 2.16. The Kier molecular flexibility index (Phi) is 2.80. The molecule has 5 heteroatoms. The third kappa shape index (κ3) is 2.38. The molecule has 1 aromatic carbocycles. The maximum Gasteiger partial charge on any atom is 0.387 e. The molecule has 82 valence electrons. The Bertz CT molecular complexity index is 372. The first kappa shape index (κ1) is 10.6. The van der Waals surface area contributed by atoms with Gasteiger partial charge >= 0.3 is 6.61 Å². The van der Waals surface area contributed by atoms with E-state index in [1.807, 2.05) is 0 Å². The molecule has 0 amide bonds. The highest BCUT2D eigenvalue weighted by molar-refractivity contribution is 6.32. The fourth-order valence-electron chi connectivity index (χ4n) is 1.54. The SMILES string of the molecule is NC1CC1c1ccc(OC(F)F)c(Cl)c1. The van der Waals surface area contributed by atoms with Crippen molar-refractivity contribution in [3.05, 3.63) is 28.8 Å². The maximum absolute atomic E-state index is 11.9. The van der Waals surface area contributed by atoms with Gasteiger partial charge in [-0.05, 0) is 24.1 Å². The molecule has 1 aliphatic carbocycles. The number of alkyl halides is 2. The van der Waals surface area contributed by atoms with Crippen LogP contribution in [-0.2, 0) is 0 Å². The van der Waals surface area contributed by atoms with E-state index >= 15 is 0 Å². The van der Waals surface area contributed by atoms with Crippen LogP contribution >= 0.6 is 11.6 Å². The highest BCUT2D eigenvalue weighted by atomic mass is 35.5. The Labute approximate surface area is 91.0 Å². The van der Waals surface area contributed by atoms with E-state index in [-0.39, 0.29) is 16.8 Å². The molecule has 15 heavy (non-hydrogen) atoms. The first-order valence-electron chi connectivity index (χ1n) is 4.58. The highest BCUT2D eigenvalue weighted by Gasteiger charge is 2.35. The van der Waals surface area contributed by atoms with Gasteiger partial charge in [-0.25, -0.2) is 0 Å². The third-order valence-corrected chi connectivity index (χ3v) is 2.74. The van der Waals surface area contributed by atoms with Gasteiger partial charge in [-0.3, -0.25) is 0 Å². The van der Waals surface area contributed by atoms with Crippen LogP contribution in [0.3, 0.4) is 0 Å². The molecule has 0 aliphatic heterocycles. The van der Waals surface area contributed by atoms with Gasteiger partial charge in [0, 0.05) is 12.0 Å². The van der Waals surface area contributed by atoms with Crippen molar-refractivity contribution in [1.29, 1.82) is 0 Å². The zero-order valence-corrected chi connectivity index (χ0v) is 8.55. The van der Waals surface area contributed by atoms with E-state index in [2.05, 4.69) is 4.74 Å². The monoisotopic (exact) mass is 233 g/mol. The molecule has 0 aromatic heterocycles. The van der Waals surface area contributed by atoms with E-state index < -0.39 is 6.61 Å². The van der Waals surface area contributed by atoms with Crippen molar-refractivity contribution >= 4 is 11.6 Å². The first-order chi connectivity index (χ1) is 7.08. The van der Waals surface area contributed by atoms with Gasteiger partial charge in [0.15, 0.2) is 0 Å². The minimum atomic E-state index is -2.85. The van der Waals surface area contributed by atoms with Crippen LogP contribution in [0, 0.1) is 0 Å². The normalized spacial score (nSPS) is 24.3. The molecule has 1 aromatic rings. The Morgan fingerprint density at radius 1 is 1.47 bits per heavy atom. The van der Waals surface area contributed by atoms with E-state index in [4.69, 9.17) is 17.3 Å². The second-order valence-electron chi connectivity index (χ2n) is 3.57. The fraction of sp³-hybridized carbons (Fsp3) is 0.400. The van der Waals surface area contributed by atoms with Crippen molar-refractivity contribution in [2.24, 2.45) is 5.73 Å². The second-order valence-corrected chi connectivity index (χ2v) is 3.98. The summed E-state index contributed by atoms with van der Waals surface area (Å²) in [4.78, 5) is 0. The zero-order valence-electron chi connectivity index (χ0n) is 7.79. The lowest BCUT2D eigenvalue weighted by atomic mass is 10.1. The summed E-state index contributed by atoms with van der Waals surface area (Å²) in [6.07, 6.45) is 0.922. The number of halogens is 3. The van der Waals surface area contributed by atoms with Gasteiger partial charge in [-0.1, -0.05) is 17.7 Å². The predicted octanol–water partition coefficient (Wildman–Crippen LogP) is 2.76. The molecule has 0 heterocycles. The summed E-state index contributed by atoms with van der Waals surface area (Å²) in [6.45, 7) is -2.85. The van der Waals surface area contributed by atoms with E-state index in [1.54, 1.807) is 12.1 Å². The predicted molar refractivity (Wildman–Crippen MR) is 53.4 cm³/mol. The number of ether oxygens (including phenoxy) is 1. The van der Waals surface area contributed by atoms with E-state index in [0.29, 0.717) is 5.92 Å². The second kappa shape index (κ2) is 3.94. The quantitative estimate of drug-likeness (QED) is 0.871. The van der Waals surface area contributed by atoms with Crippen LogP contribution in [-0.4, -0.2) is 12.7 Å². The average Bonchev–Trinajstić information content (AvgIpc) is 2.86. The Hall–Kier alpha value is -0.870. The van der Waals surface area contributed by atoms with Gasteiger partial charge in [0.05, 0.1) is 5.02 Å². The molecule has 2 rings (SSSR count). The Morgan fingerprint density at radius 2 is 2.13 bits per heavy atom. The van der Waals surface area contributed by atoms with Crippen LogP contribution in [0.1, 0.15) is 17.9 Å². The maximum atomic E-state index is 11.9. The van der Waals surface area contributed by atoms with Crippen molar-refractivity contribution in [3.8, 4) is 5.75 Å². The number of nitrogens with two attached hydrogens (primary N) is 1. The average molecular weight is 234 g/mol. The van der Waals surface area contributed by atoms with Crippen LogP contribution in [0.25, 0.3) is 0 Å². The van der Waals surface area contributed by atoms with Crippen LogP contribution in [0.5, 0.6) is 5.75 Å². The third-order valence-electron chi connectivity index (χ3n) is 2.44. The van der Waals surface area contributed by atoms with Crippen LogP contribution in [0.15, 0.2) is 18.2 Å². The molecular formula is C10H10ClF2NO. The summed E-state index contributed by atoms with van der Waals surface area (Å²) < 4.78 is 28.1. The molecule has 2 unspecified atom stereocenters. The number of rotatable bonds is 3. The van der Waals surface area contributed by atoms with Gasteiger partial charge in [0.25, 0.3) is 0 Å². The van der Waals surface area contributed by atoms with Gasteiger partial charge in [0.1, 0.15) is 5.75 Å². The number of hydrogen-bond donors (Lipinski definition) is 1. The van der Waals surface area contributed by atoms with Gasteiger partial charge in [-0.2, -0.15) is 8.78 Å². The first-order valence-corrected chi connectivity index (χ1v) is 4.95. The van der Waals surface area contributed by atoms with E-state index in [0.717, 1.165) is 12.0 Å². The molecule has 2 nitrogen and oxygen atoms in total. The molecule has 0 radical (unpaired) electrons. The Morgan fingerprint density at radius 3 is 2.60 bits per heavy atom. The van der Waals surface area contributed by atoms with Crippen LogP contribution in [0.4, 0.5) is 8.78 Å². The van der Waals surface area contributed by atoms with Crippen LogP contribution in [0.2, 0.25) is 5.02 Å². The minimum absolute atomic E-state index is 0.00429. The van der Waals surface area contributed by atoms with Gasteiger partial charge in [0.2, 0.25) is 0 Å². The van der Waals surface area contributed by atoms with Gasteiger partial charge < -0.3 is 10.5 Å². The highest BCUT2D eigenvalue weighted by Crippen LogP contribution is 2.41. The molecule has 0 saturated heterocycles. The lowest BCUT2D eigenvalue weighted by Gasteiger charge is -2.07. The molecule has 2 atom stereocenters. The fourth-order valence-corrected chi connectivity index (χ4v) is 1.77. The van der Waals surface area contributed by atoms with Gasteiger partial charge in [-0.15, -0.1) is 0 Å². The summed E-state index contributed by atoms with van der Waals surface area (Å²) in [5.74, 6) is 0.313. The molecule has 1 saturated carbocycles. The molecule has 0 spiro atoms. The molecule has 1 aliphatic rings. The topological polar surface area (TPSA) is 35.2 Å². The smallest absolute Gasteiger partial charge is 0.387 e. The lowest BCUT2D eigenvalue weighted by Crippen LogP contribution is -2.03. The number of hydrogen-bond acceptors (Lipinski definition) is 2. The molecule has 0 bridgehead atoms. The summed E-state index contributed by atoms with van der Waals surface area (Å²) in [5.41, 5.74) is 6.65.